The maximum atomic E-state index is 12.3. The molecule has 96 valence electrons. The zero-order chi connectivity index (χ0) is 13.3. The van der Waals surface area contributed by atoms with Crippen LogP contribution in [0.5, 0.6) is 0 Å². The molecule has 2 rings (SSSR count). The maximum absolute atomic E-state index is 12.3. The smallest absolute Gasteiger partial charge is 0.329 e. The summed E-state index contributed by atoms with van der Waals surface area (Å²) in [6, 6.07) is 6.61. The molecule has 1 aromatic carbocycles. The van der Waals surface area contributed by atoms with Crippen molar-refractivity contribution in [3.8, 4) is 0 Å². The molecule has 0 spiro atoms. The number of carbonyl (C=O) groups excluding carboxylic acids is 1. The molecule has 1 aliphatic heterocycles. The highest BCUT2D eigenvalue weighted by Crippen LogP contribution is 2.30. The lowest BCUT2D eigenvalue weighted by Gasteiger charge is -2.31. The lowest BCUT2D eigenvalue weighted by atomic mass is 9.98. The van der Waals surface area contributed by atoms with E-state index in [0.29, 0.717) is 30.6 Å². The summed E-state index contributed by atoms with van der Waals surface area (Å²) in [5, 5.41) is 9.27. The second-order valence-corrected chi connectivity index (χ2v) is 4.76. The van der Waals surface area contributed by atoms with E-state index in [1.807, 2.05) is 0 Å². The molecule has 1 unspecified atom stereocenters. The Labute approximate surface area is 105 Å². The summed E-state index contributed by atoms with van der Waals surface area (Å²) in [5.74, 6) is -1.23. The van der Waals surface area contributed by atoms with Crippen LogP contribution in [0.3, 0.4) is 0 Å². The normalized spacial score (nSPS) is 23.1. The fourth-order valence-corrected chi connectivity index (χ4v) is 2.34. The molecule has 0 aliphatic carbocycles. The van der Waals surface area contributed by atoms with Crippen LogP contribution in [0.15, 0.2) is 24.3 Å². The van der Waals surface area contributed by atoms with E-state index in [0.717, 1.165) is 0 Å². The molecule has 1 aromatic rings. The second-order valence-electron chi connectivity index (χ2n) is 4.76. The van der Waals surface area contributed by atoms with Crippen molar-refractivity contribution in [2.24, 2.45) is 0 Å². The Morgan fingerprint density at radius 2 is 2.17 bits per heavy atom. The first kappa shape index (κ1) is 12.4. The first-order valence-electron chi connectivity index (χ1n) is 5.86. The van der Waals surface area contributed by atoms with Crippen LogP contribution in [0.1, 0.15) is 30.1 Å². The minimum atomic E-state index is -1.11. The Morgan fingerprint density at radius 1 is 1.44 bits per heavy atom. The van der Waals surface area contributed by atoms with Gasteiger partial charge in [-0.05, 0) is 38.0 Å². The van der Waals surface area contributed by atoms with Crippen LogP contribution in [-0.4, -0.2) is 34.0 Å². The molecule has 5 nitrogen and oxygen atoms in total. The van der Waals surface area contributed by atoms with Crippen molar-refractivity contribution in [3.05, 3.63) is 29.8 Å². The summed E-state index contributed by atoms with van der Waals surface area (Å²) < 4.78 is 0. The van der Waals surface area contributed by atoms with Crippen molar-refractivity contribution in [2.75, 3.05) is 12.3 Å². The Hall–Kier alpha value is -2.04. The predicted octanol–water partition coefficient (Wildman–Crippen LogP) is 1.35. The van der Waals surface area contributed by atoms with Crippen molar-refractivity contribution in [3.63, 3.8) is 0 Å². The highest BCUT2D eigenvalue weighted by molar-refractivity contribution is 5.98. The molecule has 1 aliphatic rings. The van der Waals surface area contributed by atoms with E-state index in [4.69, 9.17) is 5.73 Å². The molecule has 0 saturated carbocycles. The molecule has 18 heavy (non-hydrogen) atoms. The van der Waals surface area contributed by atoms with E-state index < -0.39 is 11.5 Å². The molecule has 0 aromatic heterocycles. The third-order valence-corrected chi connectivity index (χ3v) is 3.48. The predicted molar refractivity (Wildman–Crippen MR) is 67.2 cm³/mol. The van der Waals surface area contributed by atoms with Gasteiger partial charge in [-0.15, -0.1) is 0 Å². The second kappa shape index (κ2) is 4.33. The molecule has 1 heterocycles. The monoisotopic (exact) mass is 248 g/mol. The van der Waals surface area contributed by atoms with Crippen molar-refractivity contribution in [1.29, 1.82) is 0 Å². The Kier molecular flexibility index (Phi) is 2.98. The number of benzene rings is 1. The van der Waals surface area contributed by atoms with Gasteiger partial charge in [0, 0.05) is 17.8 Å². The molecule has 0 bridgehead atoms. The van der Waals surface area contributed by atoms with Crippen LogP contribution < -0.4 is 5.73 Å². The van der Waals surface area contributed by atoms with E-state index >= 15 is 0 Å². The van der Waals surface area contributed by atoms with Crippen LogP contribution >= 0.6 is 0 Å². The van der Waals surface area contributed by atoms with Gasteiger partial charge in [0.15, 0.2) is 0 Å². The SMILES string of the molecule is CC1(C(=O)O)CCCN1C(=O)c1cccc(N)c1. The summed E-state index contributed by atoms with van der Waals surface area (Å²) >= 11 is 0. The number of nitrogen functional groups attached to an aromatic ring is 1. The maximum Gasteiger partial charge on any atom is 0.329 e. The van der Waals surface area contributed by atoms with Gasteiger partial charge >= 0.3 is 5.97 Å². The van der Waals surface area contributed by atoms with Gasteiger partial charge < -0.3 is 15.7 Å². The number of rotatable bonds is 2. The zero-order valence-corrected chi connectivity index (χ0v) is 10.2. The van der Waals surface area contributed by atoms with Gasteiger partial charge in [-0.2, -0.15) is 0 Å². The minimum absolute atomic E-state index is 0.273. The largest absolute Gasteiger partial charge is 0.480 e. The van der Waals surface area contributed by atoms with Crippen molar-refractivity contribution < 1.29 is 14.7 Å². The summed E-state index contributed by atoms with van der Waals surface area (Å²) in [4.78, 5) is 25.1. The number of likely N-dealkylation sites (tertiary alicyclic amines) is 1. The number of carboxylic acid groups (broad SMARTS) is 1. The van der Waals surface area contributed by atoms with E-state index in [9.17, 15) is 14.7 Å². The molecule has 3 N–H and O–H groups in total. The number of nitrogens with zero attached hydrogens (tertiary/aromatic N) is 1. The quantitative estimate of drug-likeness (QED) is 0.774. The first-order valence-corrected chi connectivity index (χ1v) is 5.86. The molecule has 0 radical (unpaired) electrons. The van der Waals surface area contributed by atoms with Crippen LogP contribution in [0.4, 0.5) is 5.69 Å². The lowest BCUT2D eigenvalue weighted by molar-refractivity contribution is -0.147. The Morgan fingerprint density at radius 3 is 2.78 bits per heavy atom. The highest BCUT2D eigenvalue weighted by atomic mass is 16.4. The lowest BCUT2D eigenvalue weighted by Crippen LogP contribution is -2.50. The fourth-order valence-electron chi connectivity index (χ4n) is 2.34. The van der Waals surface area contributed by atoms with E-state index in [1.165, 1.54) is 4.90 Å². The summed E-state index contributed by atoms with van der Waals surface area (Å²) in [5.41, 5.74) is 5.46. The molecule has 1 atom stereocenters. The van der Waals surface area contributed by atoms with Gasteiger partial charge in [-0.1, -0.05) is 6.07 Å². The van der Waals surface area contributed by atoms with E-state index in [1.54, 1.807) is 31.2 Å². The number of amides is 1. The summed E-state index contributed by atoms with van der Waals surface area (Å²) in [6.45, 7) is 2.06. The van der Waals surface area contributed by atoms with E-state index in [2.05, 4.69) is 0 Å². The van der Waals surface area contributed by atoms with Crippen molar-refractivity contribution in [2.45, 2.75) is 25.3 Å². The van der Waals surface area contributed by atoms with Gasteiger partial charge in [0.25, 0.3) is 5.91 Å². The number of hydrogen-bond donors (Lipinski definition) is 2. The number of hydrogen-bond acceptors (Lipinski definition) is 3. The number of nitrogens with two attached hydrogens (primary N) is 1. The summed E-state index contributed by atoms with van der Waals surface area (Å²) in [6.07, 6.45) is 1.19. The standard InChI is InChI=1S/C13H16N2O3/c1-13(12(17)18)6-3-7-15(13)11(16)9-4-2-5-10(14)8-9/h2,4-5,8H,3,6-7,14H2,1H3,(H,17,18). The highest BCUT2D eigenvalue weighted by Gasteiger charge is 2.46. The van der Waals surface area contributed by atoms with Gasteiger partial charge in [0.1, 0.15) is 5.54 Å². The Bertz CT molecular complexity index is 501. The number of aliphatic carboxylic acids is 1. The minimum Gasteiger partial charge on any atom is -0.480 e. The third-order valence-electron chi connectivity index (χ3n) is 3.48. The molecule has 1 amide bonds. The first-order chi connectivity index (χ1) is 8.45. The zero-order valence-electron chi connectivity index (χ0n) is 10.2. The van der Waals surface area contributed by atoms with Crippen LogP contribution in [0.2, 0.25) is 0 Å². The van der Waals surface area contributed by atoms with Gasteiger partial charge in [-0.25, -0.2) is 4.79 Å². The van der Waals surface area contributed by atoms with Gasteiger partial charge in [-0.3, -0.25) is 4.79 Å². The molecule has 1 fully saturated rings. The number of carbonyl (C=O) groups is 2. The van der Waals surface area contributed by atoms with Crippen LogP contribution in [0, 0.1) is 0 Å². The van der Waals surface area contributed by atoms with Crippen molar-refractivity contribution in [1.82, 2.24) is 4.90 Å². The third kappa shape index (κ3) is 1.92. The topological polar surface area (TPSA) is 83.6 Å². The molecular formula is C13H16N2O3. The molecule has 5 heteroatoms. The summed E-state index contributed by atoms with van der Waals surface area (Å²) in [7, 11) is 0. The average Bonchev–Trinajstić information content (AvgIpc) is 2.72. The van der Waals surface area contributed by atoms with Gasteiger partial charge in [0.05, 0.1) is 0 Å². The van der Waals surface area contributed by atoms with Crippen LogP contribution in [0.25, 0.3) is 0 Å². The van der Waals surface area contributed by atoms with E-state index in [-0.39, 0.29) is 5.91 Å². The molecule has 1 saturated heterocycles. The molecular weight excluding hydrogens is 232 g/mol. The van der Waals surface area contributed by atoms with Crippen molar-refractivity contribution >= 4 is 17.6 Å². The average molecular weight is 248 g/mol. The Balaban J connectivity index is 2.32. The fraction of sp³-hybridized carbons (Fsp3) is 0.385. The number of anilines is 1. The van der Waals surface area contributed by atoms with Crippen LogP contribution in [-0.2, 0) is 4.79 Å². The van der Waals surface area contributed by atoms with Gasteiger partial charge in [0.2, 0.25) is 0 Å². The number of carboxylic acids is 1.